The molecule has 0 saturated carbocycles. The minimum atomic E-state index is -0.568. The molecule has 0 spiro atoms. The van der Waals surface area contributed by atoms with Gasteiger partial charge in [0, 0.05) is 18.5 Å². The summed E-state index contributed by atoms with van der Waals surface area (Å²) in [6, 6.07) is 4.36. The molecular formula is C15H19FN2O2S. The van der Waals surface area contributed by atoms with Crippen LogP contribution in [-0.2, 0) is 0 Å². The summed E-state index contributed by atoms with van der Waals surface area (Å²) in [5, 5.41) is 0. The Morgan fingerprint density at radius 3 is 2.57 bits per heavy atom. The molecule has 1 saturated heterocycles. The number of halogens is 1. The summed E-state index contributed by atoms with van der Waals surface area (Å²) in [7, 11) is 1.42. The summed E-state index contributed by atoms with van der Waals surface area (Å²) >= 11 is 5.08. The van der Waals surface area contributed by atoms with Gasteiger partial charge in [0.05, 0.1) is 12.1 Å². The third kappa shape index (κ3) is 3.00. The van der Waals surface area contributed by atoms with Crippen molar-refractivity contribution in [2.75, 3.05) is 20.2 Å². The largest absolute Gasteiger partial charge is 0.496 e. The van der Waals surface area contributed by atoms with Crippen molar-refractivity contribution in [2.45, 2.75) is 19.8 Å². The Hall–Kier alpha value is -1.69. The minimum absolute atomic E-state index is 0.0149. The van der Waals surface area contributed by atoms with Crippen molar-refractivity contribution in [3.63, 3.8) is 0 Å². The molecular weight excluding hydrogens is 291 g/mol. The first kappa shape index (κ1) is 15.7. The third-order valence-electron chi connectivity index (χ3n) is 4.16. The number of benzene rings is 1. The molecule has 1 aliphatic rings. The van der Waals surface area contributed by atoms with Crippen molar-refractivity contribution in [2.24, 2.45) is 11.1 Å². The van der Waals surface area contributed by atoms with Crippen molar-refractivity contribution in [1.29, 1.82) is 0 Å². The summed E-state index contributed by atoms with van der Waals surface area (Å²) in [5.41, 5.74) is 5.51. The van der Waals surface area contributed by atoms with E-state index in [1.165, 1.54) is 19.2 Å². The van der Waals surface area contributed by atoms with Gasteiger partial charge < -0.3 is 15.4 Å². The molecule has 114 valence electrons. The molecule has 1 aromatic carbocycles. The Bertz CT molecular complexity index is 569. The summed E-state index contributed by atoms with van der Waals surface area (Å²) < 4.78 is 19.0. The van der Waals surface area contributed by atoms with E-state index >= 15 is 0 Å². The van der Waals surface area contributed by atoms with Gasteiger partial charge in [0.1, 0.15) is 17.1 Å². The van der Waals surface area contributed by atoms with Crippen LogP contribution in [0.3, 0.4) is 0 Å². The molecule has 2 N–H and O–H groups in total. The number of rotatable bonds is 3. The van der Waals surface area contributed by atoms with Crippen molar-refractivity contribution >= 4 is 23.1 Å². The average molecular weight is 310 g/mol. The van der Waals surface area contributed by atoms with E-state index in [9.17, 15) is 9.18 Å². The maximum absolute atomic E-state index is 14.0. The van der Waals surface area contributed by atoms with E-state index in [4.69, 9.17) is 22.7 Å². The second-order valence-electron chi connectivity index (χ2n) is 5.53. The van der Waals surface area contributed by atoms with Crippen LogP contribution in [0, 0.1) is 11.2 Å². The number of methoxy groups -OCH3 is 1. The molecule has 1 fully saturated rings. The molecule has 2 rings (SSSR count). The Morgan fingerprint density at radius 2 is 2.05 bits per heavy atom. The summed E-state index contributed by atoms with van der Waals surface area (Å²) in [5.74, 6) is -0.667. The lowest BCUT2D eigenvalue weighted by atomic mass is 9.80. The highest BCUT2D eigenvalue weighted by molar-refractivity contribution is 7.80. The zero-order valence-electron chi connectivity index (χ0n) is 12.2. The molecule has 6 heteroatoms. The number of carbonyl (C=O) groups is 1. The molecule has 1 heterocycles. The average Bonchev–Trinajstić information content (AvgIpc) is 2.47. The summed E-state index contributed by atoms with van der Waals surface area (Å²) in [6.07, 6.45) is 1.37. The van der Waals surface area contributed by atoms with Crippen LogP contribution in [-0.4, -0.2) is 36.0 Å². The van der Waals surface area contributed by atoms with E-state index in [1.54, 1.807) is 11.0 Å². The first-order chi connectivity index (χ1) is 9.89. The van der Waals surface area contributed by atoms with Crippen molar-refractivity contribution in [1.82, 2.24) is 4.90 Å². The topological polar surface area (TPSA) is 55.6 Å². The Morgan fingerprint density at radius 1 is 1.43 bits per heavy atom. The van der Waals surface area contributed by atoms with E-state index in [0.717, 1.165) is 0 Å². The molecule has 1 aromatic rings. The van der Waals surface area contributed by atoms with Gasteiger partial charge in [0.2, 0.25) is 0 Å². The van der Waals surface area contributed by atoms with Crippen molar-refractivity contribution < 1.29 is 13.9 Å². The number of nitrogens with zero attached hydrogens (tertiary/aromatic N) is 1. The smallest absolute Gasteiger partial charge is 0.260 e. The van der Waals surface area contributed by atoms with E-state index < -0.39 is 5.82 Å². The Balaban J connectivity index is 2.18. The Kier molecular flexibility index (Phi) is 4.46. The number of piperidine rings is 1. The molecule has 0 bridgehead atoms. The summed E-state index contributed by atoms with van der Waals surface area (Å²) in [6.45, 7) is 3.01. The lowest BCUT2D eigenvalue weighted by molar-refractivity contribution is 0.0662. The second-order valence-corrected chi connectivity index (χ2v) is 5.97. The number of amides is 1. The third-order valence-corrected chi connectivity index (χ3v) is 4.65. The number of nitrogens with two attached hydrogens (primary N) is 1. The zero-order valence-corrected chi connectivity index (χ0v) is 13.0. The van der Waals surface area contributed by atoms with Crippen LogP contribution >= 0.6 is 12.2 Å². The highest BCUT2D eigenvalue weighted by Crippen LogP contribution is 2.33. The molecule has 4 nitrogen and oxygen atoms in total. The monoisotopic (exact) mass is 310 g/mol. The first-order valence-electron chi connectivity index (χ1n) is 6.81. The van der Waals surface area contributed by atoms with Gasteiger partial charge in [-0.3, -0.25) is 4.79 Å². The first-order valence-corrected chi connectivity index (χ1v) is 7.21. The minimum Gasteiger partial charge on any atom is -0.496 e. The van der Waals surface area contributed by atoms with E-state index in [1.807, 2.05) is 6.92 Å². The van der Waals surface area contributed by atoms with Crippen LogP contribution in [0.15, 0.2) is 18.2 Å². The van der Waals surface area contributed by atoms with Crippen molar-refractivity contribution in [3.8, 4) is 5.75 Å². The van der Waals surface area contributed by atoms with Gasteiger partial charge in [-0.2, -0.15) is 0 Å². The number of hydrogen-bond acceptors (Lipinski definition) is 3. The Labute approximate surface area is 129 Å². The van der Waals surface area contributed by atoms with Crippen molar-refractivity contribution in [3.05, 3.63) is 29.6 Å². The normalized spacial score (nSPS) is 17.4. The SMILES string of the molecule is COc1cccc(F)c1C(=O)N1CCC(C)(C(N)=S)CC1. The standard InChI is InChI=1S/C15H19FN2O2S/c1-15(14(17)21)6-8-18(9-7-15)13(19)12-10(16)4-3-5-11(12)20-2/h3-5H,6-9H2,1-2H3,(H2,17,21). The lowest BCUT2D eigenvalue weighted by Crippen LogP contribution is -2.46. The molecule has 1 amide bonds. The van der Waals surface area contributed by atoms with Gasteiger partial charge >= 0.3 is 0 Å². The van der Waals surface area contributed by atoms with Crippen LogP contribution in [0.2, 0.25) is 0 Å². The molecule has 0 aliphatic carbocycles. The fourth-order valence-corrected chi connectivity index (χ4v) is 2.69. The number of thiocarbonyl (C=S) groups is 1. The highest BCUT2D eigenvalue weighted by atomic mass is 32.1. The predicted octanol–water partition coefficient (Wildman–Crippen LogP) is 2.36. The van der Waals surface area contributed by atoms with E-state index in [2.05, 4.69) is 0 Å². The maximum Gasteiger partial charge on any atom is 0.260 e. The van der Waals surface area contributed by atoms with Crippen LogP contribution in [0.4, 0.5) is 4.39 Å². The molecule has 0 aromatic heterocycles. The molecule has 0 atom stereocenters. The summed E-state index contributed by atoms with van der Waals surface area (Å²) in [4.78, 5) is 14.6. The second kappa shape index (κ2) is 5.97. The number of hydrogen-bond donors (Lipinski definition) is 1. The van der Waals surface area contributed by atoms with E-state index in [0.29, 0.717) is 30.9 Å². The van der Waals surface area contributed by atoms with Crippen LogP contribution in [0.5, 0.6) is 5.75 Å². The maximum atomic E-state index is 14.0. The zero-order chi connectivity index (χ0) is 15.6. The van der Waals surface area contributed by atoms with Gasteiger partial charge in [0.25, 0.3) is 5.91 Å². The molecule has 0 unspecified atom stereocenters. The van der Waals surface area contributed by atoms with Gasteiger partial charge in [-0.15, -0.1) is 0 Å². The van der Waals surface area contributed by atoms with Gasteiger partial charge in [-0.1, -0.05) is 25.2 Å². The van der Waals surface area contributed by atoms with Crippen LogP contribution in [0.25, 0.3) is 0 Å². The number of carbonyl (C=O) groups excluding carboxylic acids is 1. The number of likely N-dealkylation sites (tertiary alicyclic amines) is 1. The molecule has 0 radical (unpaired) electrons. The van der Waals surface area contributed by atoms with Crippen LogP contribution in [0.1, 0.15) is 30.1 Å². The lowest BCUT2D eigenvalue weighted by Gasteiger charge is -2.38. The van der Waals surface area contributed by atoms with E-state index in [-0.39, 0.29) is 22.6 Å². The highest BCUT2D eigenvalue weighted by Gasteiger charge is 2.35. The van der Waals surface area contributed by atoms with Crippen LogP contribution < -0.4 is 10.5 Å². The molecule has 21 heavy (non-hydrogen) atoms. The van der Waals surface area contributed by atoms with Gasteiger partial charge in [-0.05, 0) is 25.0 Å². The fourth-order valence-electron chi connectivity index (χ4n) is 2.49. The predicted molar refractivity (Wildman–Crippen MR) is 83.0 cm³/mol. The quantitative estimate of drug-likeness (QED) is 0.871. The number of ether oxygens (including phenoxy) is 1. The van der Waals surface area contributed by atoms with Gasteiger partial charge in [0.15, 0.2) is 0 Å². The molecule has 1 aliphatic heterocycles. The van der Waals surface area contributed by atoms with Gasteiger partial charge in [-0.25, -0.2) is 4.39 Å². The fraction of sp³-hybridized carbons (Fsp3) is 0.467.